The van der Waals surface area contributed by atoms with Gasteiger partial charge in [-0.25, -0.2) is 4.98 Å². The molecule has 94 valence electrons. The summed E-state index contributed by atoms with van der Waals surface area (Å²) in [6.45, 7) is 1.17. The van der Waals surface area contributed by atoms with Gasteiger partial charge in [-0.15, -0.1) is 0 Å². The van der Waals surface area contributed by atoms with Crippen LogP contribution in [0.4, 0.5) is 0 Å². The van der Waals surface area contributed by atoms with Crippen molar-refractivity contribution in [3.63, 3.8) is 0 Å². The largest absolute Gasteiger partial charge is 0.392 e. The van der Waals surface area contributed by atoms with Crippen LogP contribution in [0.5, 0.6) is 0 Å². The van der Waals surface area contributed by atoms with Crippen molar-refractivity contribution in [3.05, 3.63) is 48.0 Å². The molecule has 0 saturated carbocycles. The summed E-state index contributed by atoms with van der Waals surface area (Å²) in [5.74, 6) is 0. The van der Waals surface area contributed by atoms with E-state index in [1.54, 1.807) is 0 Å². The Kier molecular flexibility index (Phi) is 3.13. The lowest BCUT2D eigenvalue weighted by Crippen LogP contribution is -2.16. The fourth-order valence-corrected chi connectivity index (χ4v) is 2.48. The molecular weight excluding hydrogens is 226 g/mol. The minimum Gasteiger partial charge on any atom is -0.392 e. The lowest BCUT2D eigenvalue weighted by molar-refractivity contribution is 0.282. The van der Waals surface area contributed by atoms with E-state index in [1.807, 2.05) is 36.8 Å². The van der Waals surface area contributed by atoms with Gasteiger partial charge >= 0.3 is 0 Å². The molecule has 0 aliphatic carbocycles. The zero-order valence-corrected chi connectivity index (χ0v) is 10.2. The van der Waals surface area contributed by atoms with Gasteiger partial charge in [0.15, 0.2) is 0 Å². The maximum atomic E-state index is 9.06. The summed E-state index contributed by atoms with van der Waals surface area (Å²) < 4.78 is 2.12. The first-order valence-electron chi connectivity index (χ1n) is 6.34. The molecule has 4 heteroatoms. The Labute approximate surface area is 106 Å². The zero-order chi connectivity index (χ0) is 12.4. The number of aliphatic hydroxyl groups is 1. The van der Waals surface area contributed by atoms with Crippen LogP contribution in [-0.2, 0) is 6.61 Å². The lowest BCUT2D eigenvalue weighted by atomic mass is 10.1. The van der Waals surface area contributed by atoms with Gasteiger partial charge in [-0.2, -0.15) is 0 Å². The highest BCUT2D eigenvalue weighted by Gasteiger charge is 2.20. The minimum atomic E-state index is 0.0846. The van der Waals surface area contributed by atoms with Crippen LogP contribution in [0.15, 0.2) is 36.8 Å². The number of hydrogen-bond acceptors (Lipinski definition) is 3. The number of nitrogens with one attached hydrogen (secondary N) is 1. The Hall–Kier alpha value is -1.65. The number of benzene rings is 1. The van der Waals surface area contributed by atoms with Crippen molar-refractivity contribution in [2.45, 2.75) is 25.5 Å². The predicted molar refractivity (Wildman–Crippen MR) is 69.5 cm³/mol. The number of aromatic nitrogens is 2. The summed E-state index contributed by atoms with van der Waals surface area (Å²) in [6.07, 6.45) is 6.17. The number of imidazole rings is 1. The summed E-state index contributed by atoms with van der Waals surface area (Å²) in [5.41, 5.74) is 3.23. The van der Waals surface area contributed by atoms with E-state index in [-0.39, 0.29) is 6.61 Å². The topological polar surface area (TPSA) is 50.1 Å². The molecule has 18 heavy (non-hydrogen) atoms. The molecular formula is C14H17N3O. The third kappa shape index (κ3) is 2.05. The van der Waals surface area contributed by atoms with Gasteiger partial charge in [0.05, 0.1) is 24.8 Å². The molecule has 1 saturated heterocycles. The van der Waals surface area contributed by atoms with Gasteiger partial charge in [-0.05, 0) is 37.1 Å². The van der Waals surface area contributed by atoms with Crippen LogP contribution >= 0.6 is 0 Å². The van der Waals surface area contributed by atoms with Gasteiger partial charge < -0.3 is 15.0 Å². The summed E-state index contributed by atoms with van der Waals surface area (Å²) in [6, 6.07) is 8.34. The second kappa shape index (κ2) is 4.92. The Balaban J connectivity index is 1.93. The van der Waals surface area contributed by atoms with E-state index in [9.17, 15) is 0 Å². The van der Waals surface area contributed by atoms with Crippen molar-refractivity contribution in [2.24, 2.45) is 0 Å². The summed E-state index contributed by atoms with van der Waals surface area (Å²) >= 11 is 0. The molecule has 1 fully saturated rings. The quantitative estimate of drug-likeness (QED) is 0.864. The average Bonchev–Trinajstić information content (AvgIpc) is 3.09. The molecule has 0 spiro atoms. The van der Waals surface area contributed by atoms with E-state index in [2.05, 4.69) is 14.9 Å². The molecule has 4 nitrogen and oxygen atoms in total. The van der Waals surface area contributed by atoms with Gasteiger partial charge in [0.2, 0.25) is 0 Å². The van der Waals surface area contributed by atoms with Crippen molar-refractivity contribution in [3.8, 4) is 5.69 Å². The summed E-state index contributed by atoms with van der Waals surface area (Å²) in [5, 5.41) is 12.5. The first-order chi connectivity index (χ1) is 8.88. The number of nitrogens with zero attached hydrogens (tertiary/aromatic N) is 2. The van der Waals surface area contributed by atoms with Crippen LogP contribution in [0.2, 0.25) is 0 Å². The Bertz CT molecular complexity index is 512. The highest BCUT2D eigenvalue weighted by Crippen LogP contribution is 2.25. The summed E-state index contributed by atoms with van der Waals surface area (Å²) in [4.78, 5) is 4.26. The average molecular weight is 243 g/mol. The van der Waals surface area contributed by atoms with Crippen molar-refractivity contribution >= 4 is 0 Å². The van der Waals surface area contributed by atoms with E-state index in [4.69, 9.17) is 5.11 Å². The molecule has 0 radical (unpaired) electrons. The molecule has 1 aliphatic heterocycles. The smallest absolute Gasteiger partial charge is 0.0994 e. The minimum absolute atomic E-state index is 0.0846. The Morgan fingerprint density at radius 3 is 2.83 bits per heavy atom. The van der Waals surface area contributed by atoms with Gasteiger partial charge in [0, 0.05) is 11.7 Å². The maximum absolute atomic E-state index is 9.06. The fraction of sp³-hybridized carbons (Fsp3) is 0.357. The van der Waals surface area contributed by atoms with Gasteiger partial charge in [0.1, 0.15) is 0 Å². The second-order valence-corrected chi connectivity index (χ2v) is 4.66. The van der Waals surface area contributed by atoms with E-state index < -0.39 is 0 Å². The first-order valence-corrected chi connectivity index (χ1v) is 6.34. The fourth-order valence-electron chi connectivity index (χ4n) is 2.48. The molecule has 1 atom stereocenters. The molecule has 2 heterocycles. The number of rotatable bonds is 3. The SMILES string of the molecule is OCc1ccc(-n2cncc2C2CCCN2)cc1. The Morgan fingerprint density at radius 1 is 1.33 bits per heavy atom. The lowest BCUT2D eigenvalue weighted by Gasteiger charge is -2.14. The molecule has 0 bridgehead atoms. The molecule has 2 N–H and O–H groups in total. The van der Waals surface area contributed by atoms with E-state index in [0.29, 0.717) is 6.04 Å². The van der Waals surface area contributed by atoms with Crippen molar-refractivity contribution in [1.29, 1.82) is 0 Å². The standard InChI is InChI=1S/C14H17N3O/c18-9-11-3-5-12(6-4-11)17-10-15-8-14(17)13-2-1-7-16-13/h3-6,8,10,13,16,18H,1-2,7,9H2. The van der Waals surface area contributed by atoms with Gasteiger partial charge in [0.25, 0.3) is 0 Å². The van der Waals surface area contributed by atoms with Crippen LogP contribution in [0, 0.1) is 0 Å². The second-order valence-electron chi connectivity index (χ2n) is 4.66. The first kappa shape index (κ1) is 11.4. The normalized spacial score (nSPS) is 19.3. The van der Waals surface area contributed by atoms with Crippen molar-refractivity contribution < 1.29 is 5.11 Å². The van der Waals surface area contributed by atoms with Crippen molar-refractivity contribution in [1.82, 2.24) is 14.9 Å². The molecule has 1 aliphatic rings. The van der Waals surface area contributed by atoms with E-state index in [0.717, 1.165) is 17.8 Å². The van der Waals surface area contributed by atoms with E-state index in [1.165, 1.54) is 18.5 Å². The molecule has 3 rings (SSSR count). The molecule has 0 amide bonds. The van der Waals surface area contributed by atoms with Crippen LogP contribution in [0.3, 0.4) is 0 Å². The molecule has 2 aromatic rings. The third-order valence-electron chi connectivity index (χ3n) is 3.48. The summed E-state index contributed by atoms with van der Waals surface area (Å²) in [7, 11) is 0. The van der Waals surface area contributed by atoms with E-state index >= 15 is 0 Å². The monoisotopic (exact) mass is 243 g/mol. The highest BCUT2D eigenvalue weighted by molar-refractivity contribution is 5.36. The number of aliphatic hydroxyl groups excluding tert-OH is 1. The van der Waals surface area contributed by atoms with Gasteiger partial charge in [-0.1, -0.05) is 12.1 Å². The number of hydrogen-bond donors (Lipinski definition) is 2. The van der Waals surface area contributed by atoms with Gasteiger partial charge in [-0.3, -0.25) is 0 Å². The van der Waals surface area contributed by atoms with Crippen LogP contribution < -0.4 is 5.32 Å². The Morgan fingerprint density at radius 2 is 2.17 bits per heavy atom. The van der Waals surface area contributed by atoms with Crippen LogP contribution in [0.1, 0.15) is 30.1 Å². The maximum Gasteiger partial charge on any atom is 0.0994 e. The molecule has 1 aromatic heterocycles. The van der Waals surface area contributed by atoms with Crippen molar-refractivity contribution in [2.75, 3.05) is 6.54 Å². The predicted octanol–water partition coefficient (Wildman–Crippen LogP) is 1.79. The molecule has 1 aromatic carbocycles. The molecule has 1 unspecified atom stereocenters. The zero-order valence-electron chi connectivity index (χ0n) is 10.2. The van der Waals surface area contributed by atoms with Crippen LogP contribution in [0.25, 0.3) is 5.69 Å². The highest BCUT2D eigenvalue weighted by atomic mass is 16.3. The van der Waals surface area contributed by atoms with Crippen LogP contribution in [-0.4, -0.2) is 21.2 Å². The third-order valence-corrected chi connectivity index (χ3v) is 3.48.